The molecule has 0 N–H and O–H groups in total. The topological polar surface area (TPSA) is 0 Å². The number of unbranched alkanes of at least 4 members (excludes halogenated alkanes) is 2. The Labute approximate surface area is 94.2 Å². The van der Waals surface area contributed by atoms with Crippen LogP contribution in [-0.2, 0) is 0 Å². The summed E-state index contributed by atoms with van der Waals surface area (Å²) in [7, 11) is 0. The van der Waals surface area contributed by atoms with Gasteiger partial charge in [-0.05, 0) is 12.5 Å². The maximum atomic E-state index is 5.99. The Morgan fingerprint density at radius 2 is 2.31 bits per heavy atom. The van der Waals surface area contributed by atoms with Gasteiger partial charge in [-0.2, -0.15) is 0 Å². The Bertz CT molecular complexity index is 220. The average molecular weight is 264 g/mol. The molecule has 1 aliphatic carbocycles. The molecule has 0 bridgehead atoms. The van der Waals surface area contributed by atoms with Crippen LogP contribution < -0.4 is 0 Å². The molecule has 1 atom stereocenters. The molecule has 2 heteroatoms. The Kier molecular flexibility index (Phi) is 4.54. The van der Waals surface area contributed by atoms with E-state index < -0.39 is 0 Å². The molecule has 0 radical (unpaired) electrons. The van der Waals surface area contributed by atoms with Gasteiger partial charge < -0.3 is 0 Å². The van der Waals surface area contributed by atoms with Crippen LogP contribution in [0, 0.1) is 0 Å². The summed E-state index contributed by atoms with van der Waals surface area (Å²) < 4.78 is 0.133. The van der Waals surface area contributed by atoms with Gasteiger partial charge in [0.25, 0.3) is 0 Å². The minimum Gasteiger partial charge on any atom is -0.0891 e. The van der Waals surface area contributed by atoms with Crippen molar-refractivity contribution in [3.8, 4) is 0 Å². The number of halogens is 2. The van der Waals surface area contributed by atoms with Gasteiger partial charge in [0.1, 0.15) is 0 Å². The highest BCUT2D eigenvalue weighted by molar-refractivity contribution is 9.10. The summed E-state index contributed by atoms with van der Waals surface area (Å²) in [5.41, 5.74) is 0. The van der Waals surface area contributed by atoms with Gasteiger partial charge in [0.05, 0.1) is 0 Å². The second-order valence-electron chi connectivity index (χ2n) is 3.64. The van der Waals surface area contributed by atoms with E-state index in [0.29, 0.717) is 0 Å². The van der Waals surface area contributed by atoms with Crippen LogP contribution in [0.1, 0.15) is 39.0 Å². The van der Waals surface area contributed by atoms with Gasteiger partial charge in [-0.15, -0.1) is 0 Å². The molecular formula is C11H16BrCl. The minimum atomic E-state index is 0.133. The molecule has 74 valence electrons. The Hall–Kier alpha value is 0.250. The zero-order valence-electron chi connectivity index (χ0n) is 8.02. The van der Waals surface area contributed by atoms with Crippen LogP contribution in [-0.4, -0.2) is 4.32 Å². The highest BCUT2D eigenvalue weighted by atomic mass is 79.9. The molecule has 0 spiro atoms. The molecule has 13 heavy (non-hydrogen) atoms. The van der Waals surface area contributed by atoms with E-state index in [1.807, 2.05) is 12.2 Å². The van der Waals surface area contributed by atoms with Gasteiger partial charge in [-0.1, -0.05) is 65.9 Å². The van der Waals surface area contributed by atoms with E-state index in [0.717, 1.165) is 11.5 Å². The largest absolute Gasteiger partial charge is 0.0891 e. The monoisotopic (exact) mass is 262 g/mol. The van der Waals surface area contributed by atoms with Crippen LogP contribution >= 0.6 is 27.5 Å². The van der Waals surface area contributed by atoms with Crippen LogP contribution in [0.4, 0.5) is 0 Å². The lowest BCUT2D eigenvalue weighted by molar-refractivity contribution is 0.584. The average Bonchev–Trinajstić information content (AvgIpc) is 2.04. The predicted octanol–water partition coefficient (Wildman–Crippen LogP) is 4.78. The molecule has 0 saturated carbocycles. The van der Waals surface area contributed by atoms with E-state index in [-0.39, 0.29) is 4.32 Å². The number of allylic oxidation sites excluding steroid dienone is 4. The molecule has 1 unspecified atom stereocenters. The van der Waals surface area contributed by atoms with Gasteiger partial charge in [-0.3, -0.25) is 0 Å². The second-order valence-corrected chi connectivity index (χ2v) is 5.71. The first kappa shape index (κ1) is 11.3. The van der Waals surface area contributed by atoms with Crippen LogP contribution in [0.15, 0.2) is 23.3 Å². The van der Waals surface area contributed by atoms with Gasteiger partial charge in [0.2, 0.25) is 0 Å². The van der Waals surface area contributed by atoms with E-state index in [9.17, 15) is 0 Å². The van der Waals surface area contributed by atoms with Crippen LogP contribution in [0.25, 0.3) is 0 Å². The van der Waals surface area contributed by atoms with Crippen LogP contribution in [0.2, 0.25) is 0 Å². The Morgan fingerprint density at radius 3 is 2.92 bits per heavy atom. The summed E-state index contributed by atoms with van der Waals surface area (Å²) in [6.45, 7) is 2.23. The third-order valence-electron chi connectivity index (χ3n) is 2.33. The van der Waals surface area contributed by atoms with Crippen molar-refractivity contribution in [2.45, 2.75) is 43.4 Å². The SMILES string of the molecule is CCCCCC1(Br)C=CC=C(Cl)C1. The van der Waals surface area contributed by atoms with Crippen molar-refractivity contribution in [1.29, 1.82) is 0 Å². The third kappa shape index (κ3) is 3.86. The van der Waals surface area contributed by atoms with E-state index in [1.54, 1.807) is 0 Å². The van der Waals surface area contributed by atoms with Gasteiger partial charge in [0.15, 0.2) is 0 Å². The van der Waals surface area contributed by atoms with Gasteiger partial charge >= 0.3 is 0 Å². The zero-order valence-corrected chi connectivity index (χ0v) is 10.4. The van der Waals surface area contributed by atoms with Crippen LogP contribution in [0.3, 0.4) is 0 Å². The first-order valence-electron chi connectivity index (χ1n) is 4.89. The maximum absolute atomic E-state index is 5.99. The van der Waals surface area contributed by atoms with Gasteiger partial charge in [0, 0.05) is 15.8 Å². The van der Waals surface area contributed by atoms with Crippen molar-refractivity contribution in [2.75, 3.05) is 0 Å². The van der Waals surface area contributed by atoms with Crippen molar-refractivity contribution in [3.05, 3.63) is 23.3 Å². The number of alkyl halides is 1. The summed E-state index contributed by atoms with van der Waals surface area (Å²) >= 11 is 9.75. The van der Waals surface area contributed by atoms with Crippen molar-refractivity contribution >= 4 is 27.5 Å². The van der Waals surface area contributed by atoms with E-state index in [4.69, 9.17) is 11.6 Å². The minimum absolute atomic E-state index is 0.133. The van der Waals surface area contributed by atoms with E-state index >= 15 is 0 Å². The molecule has 0 aromatic heterocycles. The first-order valence-corrected chi connectivity index (χ1v) is 6.06. The third-order valence-corrected chi connectivity index (χ3v) is 3.53. The molecule has 0 saturated heterocycles. The smallest absolute Gasteiger partial charge is 0.0488 e. The number of hydrogen-bond donors (Lipinski definition) is 0. The normalized spacial score (nSPS) is 27.5. The first-order chi connectivity index (χ1) is 6.16. The summed E-state index contributed by atoms with van der Waals surface area (Å²) in [4.78, 5) is 0. The van der Waals surface area contributed by atoms with E-state index in [1.165, 1.54) is 25.7 Å². The molecule has 1 aliphatic rings. The fourth-order valence-corrected chi connectivity index (χ4v) is 2.77. The standard InChI is InChI=1S/C11H16BrCl/c1-2-3-4-7-11(12)8-5-6-10(13)9-11/h5-6,8H,2-4,7,9H2,1H3. The van der Waals surface area contributed by atoms with Crippen molar-refractivity contribution in [2.24, 2.45) is 0 Å². The summed E-state index contributed by atoms with van der Waals surface area (Å²) in [5.74, 6) is 0. The summed E-state index contributed by atoms with van der Waals surface area (Å²) in [6, 6.07) is 0. The second kappa shape index (κ2) is 5.21. The van der Waals surface area contributed by atoms with Crippen molar-refractivity contribution < 1.29 is 0 Å². The van der Waals surface area contributed by atoms with Gasteiger partial charge in [-0.25, -0.2) is 0 Å². The summed E-state index contributed by atoms with van der Waals surface area (Å²) in [5, 5.41) is 0.955. The lowest BCUT2D eigenvalue weighted by atomic mass is 9.94. The molecule has 0 aromatic rings. The lowest BCUT2D eigenvalue weighted by Crippen LogP contribution is -2.19. The molecule has 0 amide bonds. The number of rotatable bonds is 4. The summed E-state index contributed by atoms with van der Waals surface area (Å²) in [6.07, 6.45) is 12.2. The van der Waals surface area contributed by atoms with Crippen molar-refractivity contribution in [1.82, 2.24) is 0 Å². The molecule has 0 aromatic carbocycles. The predicted molar refractivity (Wildman–Crippen MR) is 63.5 cm³/mol. The molecule has 0 heterocycles. The molecular weight excluding hydrogens is 247 g/mol. The Morgan fingerprint density at radius 1 is 1.54 bits per heavy atom. The zero-order chi connectivity index (χ0) is 9.73. The number of hydrogen-bond acceptors (Lipinski definition) is 0. The highest BCUT2D eigenvalue weighted by Crippen LogP contribution is 2.37. The lowest BCUT2D eigenvalue weighted by Gasteiger charge is -2.25. The molecule has 1 rings (SSSR count). The fraction of sp³-hybridized carbons (Fsp3) is 0.636. The Balaban J connectivity index is 2.39. The van der Waals surface area contributed by atoms with Crippen LogP contribution in [0.5, 0.6) is 0 Å². The highest BCUT2D eigenvalue weighted by Gasteiger charge is 2.25. The van der Waals surface area contributed by atoms with Crippen molar-refractivity contribution in [3.63, 3.8) is 0 Å². The quantitative estimate of drug-likeness (QED) is 0.506. The molecule has 0 fully saturated rings. The fourth-order valence-electron chi connectivity index (χ4n) is 1.56. The van der Waals surface area contributed by atoms with E-state index in [2.05, 4.69) is 28.9 Å². The maximum Gasteiger partial charge on any atom is 0.0488 e. The molecule has 0 nitrogen and oxygen atoms in total. The molecule has 0 aliphatic heterocycles.